The topological polar surface area (TPSA) is 26.0 Å². The van der Waals surface area contributed by atoms with Crippen molar-refractivity contribution >= 4 is 22.9 Å². The molecule has 1 atom stereocenters. The first kappa shape index (κ1) is 13.4. The van der Waals surface area contributed by atoms with Crippen molar-refractivity contribution < 1.29 is 0 Å². The van der Waals surface area contributed by atoms with Crippen molar-refractivity contribution in [2.45, 2.75) is 57.4 Å². The summed E-state index contributed by atoms with van der Waals surface area (Å²) in [5.74, 6) is 0.719. The molecular weight excluding hydrogens is 250 g/mol. The van der Waals surface area contributed by atoms with E-state index in [0.29, 0.717) is 6.04 Å². The van der Waals surface area contributed by atoms with E-state index in [9.17, 15) is 0 Å². The molecule has 1 unspecified atom stereocenters. The highest BCUT2D eigenvalue weighted by Gasteiger charge is 2.19. The Morgan fingerprint density at radius 3 is 2.41 bits per heavy atom. The molecule has 2 N–H and O–H groups in total. The van der Waals surface area contributed by atoms with Crippen molar-refractivity contribution in [2.24, 2.45) is 11.7 Å². The van der Waals surface area contributed by atoms with E-state index in [-0.39, 0.29) is 0 Å². The molecule has 3 heteroatoms. The Labute approximate surface area is 113 Å². The molecule has 1 heterocycles. The summed E-state index contributed by atoms with van der Waals surface area (Å²) in [4.78, 5) is 1.34. The zero-order chi connectivity index (χ0) is 12.1. The maximum atomic E-state index is 6.37. The van der Waals surface area contributed by atoms with E-state index in [0.717, 1.165) is 16.7 Å². The zero-order valence-electron chi connectivity index (χ0n) is 10.3. The van der Waals surface area contributed by atoms with Gasteiger partial charge in [0, 0.05) is 10.9 Å². The van der Waals surface area contributed by atoms with E-state index in [1.165, 1.54) is 49.8 Å². The second-order valence-electron chi connectivity index (χ2n) is 5.18. The molecule has 0 spiro atoms. The lowest BCUT2D eigenvalue weighted by Crippen LogP contribution is -2.32. The van der Waals surface area contributed by atoms with E-state index in [2.05, 4.69) is 6.07 Å². The van der Waals surface area contributed by atoms with Gasteiger partial charge < -0.3 is 5.73 Å². The van der Waals surface area contributed by atoms with E-state index >= 15 is 0 Å². The SMILES string of the molecule is NC(Cc1ccc(Cl)s1)C1CCCCCCC1. The van der Waals surface area contributed by atoms with Crippen LogP contribution >= 0.6 is 22.9 Å². The van der Waals surface area contributed by atoms with Gasteiger partial charge in [0.2, 0.25) is 0 Å². The lowest BCUT2D eigenvalue weighted by molar-refractivity contribution is 0.323. The van der Waals surface area contributed by atoms with Crippen LogP contribution < -0.4 is 5.73 Å². The van der Waals surface area contributed by atoms with Gasteiger partial charge in [0.15, 0.2) is 0 Å². The Morgan fingerprint density at radius 1 is 1.18 bits per heavy atom. The minimum atomic E-state index is 0.322. The van der Waals surface area contributed by atoms with Gasteiger partial charge in [-0.1, -0.05) is 43.7 Å². The molecule has 2 rings (SSSR count). The van der Waals surface area contributed by atoms with Crippen molar-refractivity contribution in [3.63, 3.8) is 0 Å². The van der Waals surface area contributed by atoms with Crippen LogP contribution in [0.1, 0.15) is 49.8 Å². The predicted octanol–water partition coefficient (Wildman–Crippen LogP) is 4.63. The van der Waals surface area contributed by atoms with Crippen molar-refractivity contribution in [2.75, 3.05) is 0 Å². The Morgan fingerprint density at radius 2 is 1.82 bits per heavy atom. The van der Waals surface area contributed by atoms with Gasteiger partial charge in [-0.15, -0.1) is 11.3 Å². The molecule has 17 heavy (non-hydrogen) atoms. The molecule has 1 aliphatic rings. The Kier molecular flexibility index (Phi) is 5.33. The van der Waals surface area contributed by atoms with E-state index in [1.54, 1.807) is 11.3 Å². The van der Waals surface area contributed by atoms with Gasteiger partial charge in [-0.2, -0.15) is 0 Å². The molecule has 0 amide bonds. The van der Waals surface area contributed by atoms with E-state index in [1.807, 2.05) is 6.07 Å². The standard InChI is InChI=1S/C14H22ClNS/c15-14-9-8-12(17-14)10-13(16)11-6-4-2-1-3-5-7-11/h8-9,11,13H,1-7,10,16H2. The molecule has 1 fully saturated rings. The number of rotatable bonds is 3. The molecule has 1 aromatic heterocycles. The molecule has 0 aromatic carbocycles. The van der Waals surface area contributed by atoms with Gasteiger partial charge in [0.1, 0.15) is 0 Å². The van der Waals surface area contributed by atoms with Gasteiger partial charge >= 0.3 is 0 Å². The molecule has 96 valence electrons. The van der Waals surface area contributed by atoms with Gasteiger partial charge in [-0.3, -0.25) is 0 Å². The quantitative estimate of drug-likeness (QED) is 0.852. The molecule has 0 radical (unpaired) electrons. The average molecular weight is 272 g/mol. The fourth-order valence-electron chi connectivity index (χ4n) is 2.78. The number of thiophene rings is 1. The monoisotopic (exact) mass is 271 g/mol. The normalized spacial score (nSPS) is 20.8. The fourth-order valence-corrected chi connectivity index (χ4v) is 3.94. The summed E-state index contributed by atoms with van der Waals surface area (Å²) in [6.45, 7) is 0. The largest absolute Gasteiger partial charge is 0.327 e. The van der Waals surface area contributed by atoms with Gasteiger partial charge in [0.25, 0.3) is 0 Å². The second-order valence-corrected chi connectivity index (χ2v) is 6.98. The molecule has 1 nitrogen and oxygen atoms in total. The van der Waals surface area contributed by atoms with Crippen LogP contribution in [0.2, 0.25) is 4.34 Å². The third kappa shape index (κ3) is 4.27. The number of hydrogen-bond donors (Lipinski definition) is 1. The predicted molar refractivity (Wildman–Crippen MR) is 76.8 cm³/mol. The average Bonchev–Trinajstić information content (AvgIpc) is 2.63. The van der Waals surface area contributed by atoms with Crippen LogP contribution in [0.5, 0.6) is 0 Å². The number of hydrogen-bond acceptors (Lipinski definition) is 2. The molecule has 1 aliphatic carbocycles. The van der Waals surface area contributed by atoms with Gasteiger partial charge in [-0.05, 0) is 37.3 Å². The van der Waals surface area contributed by atoms with Crippen LogP contribution in [0.25, 0.3) is 0 Å². The molecule has 1 aromatic rings. The lowest BCUT2D eigenvalue weighted by atomic mass is 9.85. The van der Waals surface area contributed by atoms with Gasteiger partial charge in [0.05, 0.1) is 4.34 Å². The highest BCUT2D eigenvalue weighted by atomic mass is 35.5. The fraction of sp³-hybridized carbons (Fsp3) is 0.714. The zero-order valence-corrected chi connectivity index (χ0v) is 11.9. The minimum Gasteiger partial charge on any atom is -0.327 e. The van der Waals surface area contributed by atoms with E-state index in [4.69, 9.17) is 17.3 Å². The summed E-state index contributed by atoms with van der Waals surface area (Å²) in [5.41, 5.74) is 6.37. The Balaban J connectivity index is 1.86. The Bertz CT molecular complexity index is 329. The van der Waals surface area contributed by atoms with Crippen LogP contribution in [0.15, 0.2) is 12.1 Å². The molecule has 0 bridgehead atoms. The minimum absolute atomic E-state index is 0.322. The number of halogens is 1. The summed E-state index contributed by atoms with van der Waals surface area (Å²) in [6.07, 6.45) is 10.6. The Hall–Kier alpha value is -0.0500. The maximum Gasteiger partial charge on any atom is 0.0931 e. The van der Waals surface area contributed by atoms with Crippen LogP contribution in [0.3, 0.4) is 0 Å². The molecule has 0 saturated heterocycles. The van der Waals surface area contributed by atoms with Gasteiger partial charge in [-0.25, -0.2) is 0 Å². The van der Waals surface area contributed by atoms with Crippen molar-refractivity contribution in [3.8, 4) is 0 Å². The number of nitrogens with two attached hydrogens (primary N) is 1. The maximum absolute atomic E-state index is 6.37. The third-order valence-electron chi connectivity index (χ3n) is 3.82. The first-order valence-electron chi connectivity index (χ1n) is 6.75. The summed E-state index contributed by atoms with van der Waals surface area (Å²) < 4.78 is 0.880. The van der Waals surface area contributed by atoms with E-state index < -0.39 is 0 Å². The summed E-state index contributed by atoms with van der Waals surface area (Å²) >= 11 is 7.63. The highest BCUT2D eigenvalue weighted by molar-refractivity contribution is 7.16. The first-order chi connectivity index (χ1) is 8.25. The summed E-state index contributed by atoms with van der Waals surface area (Å²) in [7, 11) is 0. The van der Waals surface area contributed by atoms with Crippen LogP contribution in [0, 0.1) is 5.92 Å². The molecule has 0 aliphatic heterocycles. The third-order valence-corrected chi connectivity index (χ3v) is 5.07. The summed E-state index contributed by atoms with van der Waals surface area (Å²) in [6, 6.07) is 4.42. The molecule has 1 saturated carbocycles. The highest BCUT2D eigenvalue weighted by Crippen LogP contribution is 2.28. The summed E-state index contributed by atoms with van der Waals surface area (Å²) in [5, 5.41) is 0. The van der Waals surface area contributed by atoms with Crippen molar-refractivity contribution in [1.82, 2.24) is 0 Å². The smallest absolute Gasteiger partial charge is 0.0931 e. The van der Waals surface area contributed by atoms with Crippen LogP contribution in [-0.2, 0) is 6.42 Å². The van der Waals surface area contributed by atoms with Crippen LogP contribution in [-0.4, -0.2) is 6.04 Å². The first-order valence-corrected chi connectivity index (χ1v) is 7.95. The molecular formula is C14H22ClNS. The van der Waals surface area contributed by atoms with Crippen LogP contribution in [0.4, 0.5) is 0 Å². The lowest BCUT2D eigenvalue weighted by Gasteiger charge is -2.25. The second kappa shape index (κ2) is 6.77. The van der Waals surface area contributed by atoms with Crippen molar-refractivity contribution in [1.29, 1.82) is 0 Å². The van der Waals surface area contributed by atoms with Crippen molar-refractivity contribution in [3.05, 3.63) is 21.3 Å².